The molecule has 1 aromatic heterocycles. The van der Waals surface area contributed by atoms with E-state index >= 15 is 0 Å². The van der Waals surface area contributed by atoms with Gasteiger partial charge in [-0.1, -0.05) is 41.9 Å². The van der Waals surface area contributed by atoms with E-state index in [1.807, 2.05) is 30.3 Å². The fourth-order valence-corrected chi connectivity index (χ4v) is 3.32. The van der Waals surface area contributed by atoms with Gasteiger partial charge in [0, 0.05) is 30.2 Å². The fourth-order valence-electron chi connectivity index (χ4n) is 3.14. The third kappa shape index (κ3) is 5.83. The predicted molar refractivity (Wildman–Crippen MR) is 126 cm³/mol. The third-order valence-electron chi connectivity index (χ3n) is 4.77. The first kappa shape index (κ1) is 21.8. The number of benzene rings is 2. The zero-order valence-electron chi connectivity index (χ0n) is 17.7. The average Bonchev–Trinajstić information content (AvgIpc) is 2.84. The molecule has 0 saturated carbocycles. The van der Waals surface area contributed by atoms with Crippen molar-refractivity contribution in [2.75, 3.05) is 49.1 Å². The molecule has 1 fully saturated rings. The Labute approximate surface area is 191 Å². The summed E-state index contributed by atoms with van der Waals surface area (Å²) >= 11 is 6.09. The van der Waals surface area contributed by atoms with Gasteiger partial charge < -0.3 is 19.7 Å². The van der Waals surface area contributed by atoms with E-state index in [4.69, 9.17) is 21.1 Å². The van der Waals surface area contributed by atoms with E-state index in [1.165, 1.54) is 0 Å². The number of nitrogens with one attached hydrogen (secondary N) is 2. The van der Waals surface area contributed by atoms with Gasteiger partial charge in [-0.3, -0.25) is 0 Å². The highest BCUT2D eigenvalue weighted by atomic mass is 35.5. The minimum atomic E-state index is 0.328. The molecule has 9 nitrogen and oxygen atoms in total. The highest BCUT2D eigenvalue weighted by Crippen LogP contribution is 2.21. The largest absolute Gasteiger partial charge is 0.496 e. The van der Waals surface area contributed by atoms with Crippen molar-refractivity contribution < 1.29 is 9.47 Å². The van der Waals surface area contributed by atoms with Crippen LogP contribution in [0.1, 0.15) is 11.1 Å². The number of halogens is 1. The molecule has 166 valence electrons. The lowest BCUT2D eigenvalue weighted by molar-refractivity contribution is 0.122. The summed E-state index contributed by atoms with van der Waals surface area (Å²) in [5.74, 6) is 2.02. The van der Waals surface area contributed by atoms with Crippen molar-refractivity contribution >= 4 is 35.7 Å². The third-order valence-corrected chi connectivity index (χ3v) is 5.01. The van der Waals surface area contributed by atoms with Gasteiger partial charge in [-0.05, 0) is 23.8 Å². The number of hydrogen-bond acceptors (Lipinski definition) is 9. The second-order valence-corrected chi connectivity index (χ2v) is 7.41. The van der Waals surface area contributed by atoms with Crippen molar-refractivity contribution in [1.29, 1.82) is 0 Å². The Kier molecular flexibility index (Phi) is 7.31. The molecule has 0 spiro atoms. The summed E-state index contributed by atoms with van der Waals surface area (Å²) < 4.78 is 10.8. The van der Waals surface area contributed by atoms with Gasteiger partial charge >= 0.3 is 0 Å². The van der Waals surface area contributed by atoms with E-state index in [2.05, 4.69) is 35.7 Å². The number of aromatic nitrogens is 3. The van der Waals surface area contributed by atoms with E-state index in [0.29, 0.717) is 61.5 Å². The maximum Gasteiger partial charge on any atom is 0.250 e. The Morgan fingerprint density at radius 2 is 1.88 bits per heavy atom. The summed E-state index contributed by atoms with van der Waals surface area (Å²) in [5.41, 5.74) is 4.75. The summed E-state index contributed by atoms with van der Waals surface area (Å²) in [5, 5.41) is 8.13. The van der Waals surface area contributed by atoms with Crippen LogP contribution in [0.3, 0.4) is 0 Å². The standard InChI is InChI=1S/C22H24ClN7O2/c1-31-19-8-7-18(23)13-17(19)15-25-29-21-26-20(24-14-16-5-3-2-4-6-16)27-22(28-21)30-9-11-32-12-10-30/h2-8,13,15H,9-12,14H2,1H3,(H2,24,26,27,28,29). The first-order valence-electron chi connectivity index (χ1n) is 10.2. The SMILES string of the molecule is COc1ccc(Cl)cc1C=NNc1nc(NCc2ccccc2)nc(N2CCOCC2)n1. The van der Waals surface area contributed by atoms with E-state index in [1.54, 1.807) is 31.5 Å². The first-order chi connectivity index (χ1) is 15.7. The topological polar surface area (TPSA) is 96.8 Å². The number of morpholine rings is 1. The molecule has 0 unspecified atom stereocenters. The number of methoxy groups -OCH3 is 1. The van der Waals surface area contributed by atoms with Crippen molar-refractivity contribution in [3.05, 3.63) is 64.7 Å². The summed E-state index contributed by atoms with van der Waals surface area (Å²) in [6.45, 7) is 3.28. The van der Waals surface area contributed by atoms with Crippen molar-refractivity contribution in [2.45, 2.75) is 6.54 Å². The van der Waals surface area contributed by atoms with E-state index in [9.17, 15) is 0 Å². The van der Waals surface area contributed by atoms with Crippen molar-refractivity contribution in [1.82, 2.24) is 15.0 Å². The molecule has 1 saturated heterocycles. The molecule has 32 heavy (non-hydrogen) atoms. The number of hydrogen-bond donors (Lipinski definition) is 2. The van der Waals surface area contributed by atoms with Crippen LogP contribution < -0.4 is 20.4 Å². The molecule has 10 heteroatoms. The van der Waals surface area contributed by atoms with Crippen LogP contribution >= 0.6 is 11.6 Å². The normalized spacial score (nSPS) is 13.9. The Balaban J connectivity index is 1.53. The van der Waals surface area contributed by atoms with Crippen LogP contribution in [-0.2, 0) is 11.3 Å². The zero-order chi connectivity index (χ0) is 22.2. The molecule has 1 aliphatic rings. The Morgan fingerprint density at radius 1 is 1.09 bits per heavy atom. The Bertz CT molecular complexity index is 1060. The van der Waals surface area contributed by atoms with Crippen LogP contribution in [-0.4, -0.2) is 54.6 Å². The zero-order valence-corrected chi connectivity index (χ0v) is 18.4. The second kappa shape index (κ2) is 10.7. The van der Waals surface area contributed by atoms with Gasteiger partial charge in [0.25, 0.3) is 0 Å². The number of hydrazone groups is 1. The molecule has 0 bridgehead atoms. The molecule has 0 radical (unpaired) electrons. The van der Waals surface area contributed by atoms with E-state index in [0.717, 1.165) is 11.1 Å². The summed E-state index contributed by atoms with van der Waals surface area (Å²) in [7, 11) is 1.60. The lowest BCUT2D eigenvalue weighted by Crippen LogP contribution is -2.37. The Morgan fingerprint density at radius 3 is 2.66 bits per heavy atom. The molecule has 4 rings (SSSR count). The first-order valence-corrected chi connectivity index (χ1v) is 10.6. The highest BCUT2D eigenvalue weighted by Gasteiger charge is 2.16. The smallest absolute Gasteiger partial charge is 0.250 e. The lowest BCUT2D eigenvalue weighted by Gasteiger charge is -2.27. The van der Waals surface area contributed by atoms with Crippen LogP contribution in [0.5, 0.6) is 5.75 Å². The van der Waals surface area contributed by atoms with Gasteiger partial charge in [0.2, 0.25) is 17.8 Å². The predicted octanol–water partition coefficient (Wildman–Crippen LogP) is 3.43. The summed E-state index contributed by atoms with van der Waals surface area (Å²) in [4.78, 5) is 15.6. The van der Waals surface area contributed by atoms with Crippen molar-refractivity contribution in [3.8, 4) is 5.75 Å². The van der Waals surface area contributed by atoms with Crippen LogP contribution in [0, 0.1) is 0 Å². The van der Waals surface area contributed by atoms with Crippen LogP contribution in [0.15, 0.2) is 53.6 Å². The Hall–Kier alpha value is -3.43. The molecule has 0 aliphatic carbocycles. The molecule has 2 heterocycles. The summed E-state index contributed by atoms with van der Waals surface area (Å²) in [6, 6.07) is 15.4. The van der Waals surface area contributed by atoms with Gasteiger partial charge in [-0.15, -0.1) is 0 Å². The van der Waals surface area contributed by atoms with Gasteiger partial charge in [0.15, 0.2) is 0 Å². The van der Waals surface area contributed by atoms with Crippen LogP contribution in [0.4, 0.5) is 17.8 Å². The number of ether oxygens (including phenoxy) is 2. The lowest BCUT2D eigenvalue weighted by atomic mass is 10.2. The van der Waals surface area contributed by atoms with Gasteiger partial charge in [0.1, 0.15) is 5.75 Å². The van der Waals surface area contributed by atoms with Gasteiger partial charge in [-0.2, -0.15) is 20.1 Å². The number of nitrogens with zero attached hydrogens (tertiary/aromatic N) is 5. The number of rotatable bonds is 8. The maximum atomic E-state index is 6.09. The molecule has 3 aromatic rings. The molecule has 2 aromatic carbocycles. The van der Waals surface area contributed by atoms with Gasteiger partial charge in [-0.25, -0.2) is 5.43 Å². The van der Waals surface area contributed by atoms with E-state index in [-0.39, 0.29) is 0 Å². The second-order valence-electron chi connectivity index (χ2n) is 6.98. The maximum absolute atomic E-state index is 6.09. The quantitative estimate of drug-likeness (QED) is 0.395. The molecule has 0 amide bonds. The number of anilines is 3. The van der Waals surface area contributed by atoms with E-state index < -0.39 is 0 Å². The minimum Gasteiger partial charge on any atom is -0.496 e. The molecule has 2 N–H and O–H groups in total. The molecule has 1 aliphatic heterocycles. The van der Waals surface area contributed by atoms with Crippen molar-refractivity contribution in [3.63, 3.8) is 0 Å². The molecular formula is C22H24ClN7O2. The van der Waals surface area contributed by atoms with Gasteiger partial charge in [0.05, 0.1) is 26.5 Å². The molecule has 0 atom stereocenters. The molecular weight excluding hydrogens is 430 g/mol. The summed E-state index contributed by atoms with van der Waals surface area (Å²) in [6.07, 6.45) is 1.61. The van der Waals surface area contributed by atoms with Crippen molar-refractivity contribution in [2.24, 2.45) is 5.10 Å². The average molecular weight is 454 g/mol. The highest BCUT2D eigenvalue weighted by molar-refractivity contribution is 6.30. The van der Waals surface area contributed by atoms with Crippen LogP contribution in [0.2, 0.25) is 5.02 Å². The minimum absolute atomic E-state index is 0.328. The van der Waals surface area contributed by atoms with Crippen LogP contribution in [0.25, 0.3) is 0 Å². The fraction of sp³-hybridized carbons (Fsp3) is 0.273. The monoisotopic (exact) mass is 453 g/mol.